The molecule has 6 aromatic rings. The normalized spacial score (nSPS) is 12.9. The van der Waals surface area contributed by atoms with Gasteiger partial charge in [-0.15, -0.1) is 0 Å². The molecule has 3 aromatic heterocycles. The topological polar surface area (TPSA) is 35.6 Å². The Morgan fingerprint density at radius 2 is 1.36 bits per heavy atom. The molecule has 0 aliphatic carbocycles. The van der Waals surface area contributed by atoms with Gasteiger partial charge in [-0.1, -0.05) is 0 Å². The van der Waals surface area contributed by atoms with Gasteiger partial charge in [0, 0.05) is 0 Å². The molecule has 0 amide bonds. The van der Waals surface area contributed by atoms with Crippen LogP contribution in [-0.4, -0.2) is 32.6 Å². The van der Waals surface area contributed by atoms with Crippen LogP contribution < -0.4 is 8.92 Å². The number of benzene rings is 3. The van der Waals surface area contributed by atoms with Crippen molar-refractivity contribution in [3.8, 4) is 11.4 Å². The molecular weight excluding hydrogens is 537 g/mol. The third-order valence-corrected chi connectivity index (χ3v) is 22.4. The molecular formula is C34H36GeN4. The van der Waals surface area contributed by atoms with Crippen molar-refractivity contribution in [3.63, 3.8) is 0 Å². The fourth-order valence-corrected chi connectivity index (χ4v) is 22.2. The summed E-state index contributed by atoms with van der Waals surface area (Å²) < 4.78 is 7.27. The van der Waals surface area contributed by atoms with Gasteiger partial charge in [0.1, 0.15) is 0 Å². The molecule has 4 nitrogen and oxygen atoms in total. The first kappa shape index (κ1) is 25.6. The Balaban J connectivity index is 1.67. The summed E-state index contributed by atoms with van der Waals surface area (Å²) in [6, 6.07) is 33.2. The number of para-hydroxylation sites is 1. The summed E-state index contributed by atoms with van der Waals surface area (Å²) >= 11 is -3.15. The molecule has 3 heterocycles. The summed E-state index contributed by atoms with van der Waals surface area (Å²) in [6.45, 7) is 14.6. The number of aromatic nitrogens is 4. The molecule has 0 bridgehead atoms. The molecule has 0 atom stereocenters. The van der Waals surface area contributed by atoms with Gasteiger partial charge in [0.15, 0.2) is 0 Å². The van der Waals surface area contributed by atoms with Crippen molar-refractivity contribution in [2.45, 2.75) is 50.0 Å². The molecule has 0 unspecified atom stereocenters. The van der Waals surface area contributed by atoms with Crippen LogP contribution in [0.1, 0.15) is 41.5 Å². The Bertz CT molecular complexity index is 1750. The van der Waals surface area contributed by atoms with Crippen molar-refractivity contribution < 1.29 is 0 Å². The average molecular weight is 573 g/mol. The summed E-state index contributed by atoms with van der Waals surface area (Å²) in [6.07, 6.45) is 5.79. The third kappa shape index (κ3) is 3.96. The standard InChI is InChI=1S/C34H36GeN4/c1-33(2,3)35(34(4,5)6,32-17-9-10-20-36-32)25-13-11-14-27(23-25)39-30-16-8-7-15-28(30)29-19-18-26(24-31(29)39)38-22-12-21-37-38/h7-24H,1-6H3. The Kier molecular flexibility index (Phi) is 6.07. The summed E-state index contributed by atoms with van der Waals surface area (Å²) in [5, 5.41) is 7.00. The van der Waals surface area contributed by atoms with Crippen molar-refractivity contribution in [2.24, 2.45) is 0 Å². The minimum atomic E-state index is -3.15. The van der Waals surface area contributed by atoms with E-state index in [4.69, 9.17) is 4.98 Å². The molecule has 0 fully saturated rings. The van der Waals surface area contributed by atoms with Crippen LogP contribution in [0, 0.1) is 0 Å². The second kappa shape index (κ2) is 9.23. The molecule has 0 aliphatic heterocycles. The van der Waals surface area contributed by atoms with Crippen LogP contribution in [0.5, 0.6) is 0 Å². The minimum absolute atomic E-state index is 0.0827. The second-order valence-electron chi connectivity index (χ2n) is 12.5. The van der Waals surface area contributed by atoms with Crippen molar-refractivity contribution in [1.29, 1.82) is 0 Å². The Morgan fingerprint density at radius 1 is 0.615 bits per heavy atom. The van der Waals surface area contributed by atoms with E-state index in [2.05, 4.69) is 130 Å². The maximum absolute atomic E-state index is 5.06. The quantitative estimate of drug-likeness (QED) is 0.205. The molecule has 5 heteroatoms. The van der Waals surface area contributed by atoms with Crippen molar-refractivity contribution >= 4 is 44.0 Å². The van der Waals surface area contributed by atoms with Gasteiger partial charge in [0.25, 0.3) is 0 Å². The van der Waals surface area contributed by atoms with E-state index >= 15 is 0 Å². The van der Waals surface area contributed by atoms with Crippen molar-refractivity contribution in [2.75, 3.05) is 0 Å². The molecule has 6 rings (SSSR count). The average Bonchev–Trinajstić information content (AvgIpc) is 3.55. The van der Waals surface area contributed by atoms with Gasteiger partial charge in [-0.2, -0.15) is 0 Å². The predicted octanol–water partition coefficient (Wildman–Crippen LogP) is 7.53. The monoisotopic (exact) mass is 574 g/mol. The Labute approximate surface area is 233 Å². The number of pyridine rings is 1. The number of hydrogen-bond donors (Lipinski definition) is 0. The van der Waals surface area contributed by atoms with E-state index in [0.29, 0.717) is 0 Å². The van der Waals surface area contributed by atoms with Gasteiger partial charge in [-0.3, -0.25) is 0 Å². The molecule has 0 saturated heterocycles. The SMILES string of the molecule is C[C](C)(C)[Ge]([c]1cccc(-n2c3ccccc3c3ccc(-n4cccn4)cc32)c1)([c]1ccccn1)[C](C)(C)C. The first-order valence-electron chi connectivity index (χ1n) is 13.7. The second-order valence-corrected chi connectivity index (χ2v) is 24.2. The molecule has 0 aliphatic rings. The van der Waals surface area contributed by atoms with Crippen molar-refractivity contribution in [1.82, 2.24) is 19.3 Å². The van der Waals surface area contributed by atoms with E-state index in [1.807, 2.05) is 35.4 Å². The molecule has 0 N–H and O–H groups in total. The fraction of sp³-hybridized carbons (Fsp3) is 0.235. The van der Waals surface area contributed by atoms with Gasteiger partial charge in [0.2, 0.25) is 0 Å². The summed E-state index contributed by atoms with van der Waals surface area (Å²) in [7, 11) is 0. The molecule has 0 saturated carbocycles. The zero-order valence-corrected chi connectivity index (χ0v) is 25.8. The van der Waals surface area contributed by atoms with Crippen molar-refractivity contribution in [3.05, 3.63) is 110 Å². The van der Waals surface area contributed by atoms with Gasteiger partial charge in [-0.25, -0.2) is 0 Å². The van der Waals surface area contributed by atoms with Gasteiger partial charge < -0.3 is 0 Å². The van der Waals surface area contributed by atoms with Crippen LogP contribution in [0.4, 0.5) is 0 Å². The third-order valence-electron chi connectivity index (χ3n) is 8.26. The van der Waals surface area contributed by atoms with Crippen LogP contribution >= 0.6 is 0 Å². The van der Waals surface area contributed by atoms with E-state index < -0.39 is 13.3 Å². The van der Waals surface area contributed by atoms with Crippen LogP contribution in [0.2, 0.25) is 8.49 Å². The molecule has 0 spiro atoms. The predicted molar refractivity (Wildman–Crippen MR) is 167 cm³/mol. The Hall–Kier alpha value is -3.64. The molecule has 39 heavy (non-hydrogen) atoms. The first-order chi connectivity index (χ1) is 18.6. The summed E-state index contributed by atoms with van der Waals surface area (Å²) in [4.78, 5) is 5.06. The summed E-state index contributed by atoms with van der Waals surface area (Å²) in [5.74, 6) is 0. The van der Waals surface area contributed by atoms with Crippen LogP contribution in [0.25, 0.3) is 33.2 Å². The van der Waals surface area contributed by atoms with E-state index in [1.54, 1.807) is 0 Å². The first-order valence-corrected chi connectivity index (χ1v) is 17.9. The van der Waals surface area contributed by atoms with Gasteiger partial charge in [0.05, 0.1) is 0 Å². The van der Waals surface area contributed by atoms with Gasteiger partial charge >= 0.3 is 234 Å². The molecule has 3 aromatic carbocycles. The number of fused-ring (bicyclic) bond motifs is 3. The van der Waals surface area contributed by atoms with Crippen LogP contribution in [-0.2, 0) is 0 Å². The zero-order valence-electron chi connectivity index (χ0n) is 23.7. The van der Waals surface area contributed by atoms with Gasteiger partial charge in [-0.05, 0) is 0 Å². The maximum atomic E-state index is 5.06. The van der Waals surface area contributed by atoms with E-state index in [0.717, 1.165) is 5.69 Å². The molecule has 0 radical (unpaired) electrons. The van der Waals surface area contributed by atoms with Crippen LogP contribution in [0.15, 0.2) is 110 Å². The fourth-order valence-electron chi connectivity index (χ4n) is 7.17. The number of rotatable bonds is 4. The Morgan fingerprint density at radius 3 is 2.05 bits per heavy atom. The zero-order chi connectivity index (χ0) is 27.4. The van der Waals surface area contributed by atoms with E-state index in [9.17, 15) is 0 Å². The molecule has 196 valence electrons. The number of nitrogens with zero attached hydrogens (tertiary/aromatic N) is 4. The van der Waals surface area contributed by atoms with E-state index in [1.165, 1.54) is 36.4 Å². The summed E-state index contributed by atoms with van der Waals surface area (Å²) in [5.41, 5.74) is 4.64. The number of hydrogen-bond acceptors (Lipinski definition) is 2. The van der Waals surface area contributed by atoms with Crippen LogP contribution in [0.3, 0.4) is 0 Å². The van der Waals surface area contributed by atoms with E-state index in [-0.39, 0.29) is 8.49 Å².